The molecule has 3 nitrogen and oxygen atoms in total. The van der Waals surface area contributed by atoms with Crippen LogP contribution in [0.25, 0.3) is 0 Å². The summed E-state index contributed by atoms with van der Waals surface area (Å²) in [6.07, 6.45) is 0. The van der Waals surface area contributed by atoms with Crippen molar-refractivity contribution in [3.63, 3.8) is 0 Å². The first kappa shape index (κ1) is 8.88. The fraction of sp³-hybridized carbons (Fsp3) is 0. The van der Waals surface area contributed by atoms with Gasteiger partial charge in [0.25, 0.3) is 0 Å². The van der Waals surface area contributed by atoms with E-state index in [9.17, 15) is 0 Å². The summed E-state index contributed by atoms with van der Waals surface area (Å²) in [5.41, 5.74) is 0. The largest absolute Gasteiger partial charge is 3.00 e. The molecule has 1 N–H and O–H groups in total. The van der Waals surface area contributed by atoms with Crippen molar-refractivity contribution >= 4 is 6.47 Å². The van der Waals surface area contributed by atoms with Crippen LogP contribution in [0.2, 0.25) is 0 Å². The maximum atomic E-state index is 8.70. The van der Waals surface area contributed by atoms with E-state index in [2.05, 4.69) is 4.89 Å². The predicted molar refractivity (Wildman–Crippen MR) is 9.78 cm³/mol. The van der Waals surface area contributed by atoms with Crippen LogP contribution in [0, 0.1) is 0 Å². The summed E-state index contributed by atoms with van der Waals surface area (Å²) < 4.78 is 0. The molecule has 4 heteroatoms. The van der Waals surface area contributed by atoms with Crippen molar-refractivity contribution in [2.24, 2.45) is 0 Å². The van der Waals surface area contributed by atoms with Crippen molar-refractivity contribution in [1.29, 1.82) is 0 Å². The minimum Gasteiger partial charge on any atom is -0.304 e. The van der Waals surface area contributed by atoms with Gasteiger partial charge in [-0.3, -0.25) is 4.79 Å². The molecule has 0 fully saturated rings. The van der Waals surface area contributed by atoms with Gasteiger partial charge in [-0.2, -0.15) is 0 Å². The first-order valence-corrected chi connectivity index (χ1v) is 0.654. The Morgan fingerprint density at radius 1 is 1.80 bits per heavy atom. The van der Waals surface area contributed by atoms with Gasteiger partial charge in [0, 0.05) is 0 Å². The van der Waals surface area contributed by atoms with Gasteiger partial charge < -0.3 is 4.89 Å². The predicted octanol–water partition coefficient (Wildman–Crippen LogP) is -0.370. The van der Waals surface area contributed by atoms with Crippen LogP contribution < -0.4 is 0 Å². The van der Waals surface area contributed by atoms with E-state index in [1.54, 1.807) is 0 Å². The third-order valence-corrected chi connectivity index (χ3v) is 0.0430. The summed E-state index contributed by atoms with van der Waals surface area (Å²) in [5, 5.41) is 7.01. The van der Waals surface area contributed by atoms with Crippen LogP contribution in [0.5, 0.6) is 0 Å². The van der Waals surface area contributed by atoms with Gasteiger partial charge in [0.15, 0.2) is 0 Å². The van der Waals surface area contributed by atoms with Gasteiger partial charge in [0.2, 0.25) is 0 Å². The molecule has 1 radical (unpaired) electrons. The topological polar surface area (TPSA) is 46.5 Å². The van der Waals surface area contributed by atoms with Crippen LogP contribution in [-0.4, -0.2) is 11.7 Å². The van der Waals surface area contributed by atoms with Crippen molar-refractivity contribution < 1.29 is 32.3 Å². The average Bonchev–Trinajstić information content (AvgIpc) is 1.37. The number of hydrogen-bond acceptors (Lipinski definition) is 3. The number of hydrogen-bond donors (Lipinski definition) is 1. The van der Waals surface area contributed by atoms with Gasteiger partial charge in [-0.15, -0.1) is 0 Å². The third kappa shape index (κ3) is 16.5. The maximum Gasteiger partial charge on any atom is 3.00 e. The second kappa shape index (κ2) is 9.03. The van der Waals surface area contributed by atoms with E-state index in [4.69, 9.17) is 10.1 Å². The first-order chi connectivity index (χ1) is 1.91. The zero-order chi connectivity index (χ0) is 3.41. The van der Waals surface area contributed by atoms with Gasteiger partial charge in [0.05, 0.1) is 0 Å². The molecule has 0 aromatic carbocycles. The fourth-order valence-electron chi connectivity index (χ4n) is 0. The van der Waals surface area contributed by atoms with E-state index < -0.39 is 0 Å². The quantitative estimate of drug-likeness (QED) is 0.287. The summed E-state index contributed by atoms with van der Waals surface area (Å²) in [5.74, 6) is 0. The summed E-state index contributed by atoms with van der Waals surface area (Å²) in [7, 11) is 0. The molecule has 0 aromatic rings. The van der Waals surface area contributed by atoms with Gasteiger partial charge >= 0.3 is 23.8 Å². The standard InChI is InChI=1S/CH2O3.Cr/c2-1-4-3;/h1,3H;/q;+3. The zero-order valence-electron chi connectivity index (χ0n) is 2.25. The molecule has 27 valence electrons. The van der Waals surface area contributed by atoms with Crippen LogP contribution in [-0.2, 0) is 27.0 Å². The van der Waals surface area contributed by atoms with Gasteiger partial charge in [0.1, 0.15) is 0 Å². The van der Waals surface area contributed by atoms with Crippen LogP contribution >= 0.6 is 0 Å². The molecule has 0 saturated carbocycles. The molecule has 0 bridgehead atoms. The van der Waals surface area contributed by atoms with Crippen LogP contribution in [0.3, 0.4) is 0 Å². The summed E-state index contributed by atoms with van der Waals surface area (Å²) in [6, 6.07) is 0. The average molecular weight is 114 g/mol. The molecule has 0 rings (SSSR count). The number of rotatable bonds is 1. The molecule has 0 heterocycles. The van der Waals surface area contributed by atoms with Crippen molar-refractivity contribution in [2.45, 2.75) is 0 Å². The number of carbonyl (C=O) groups is 1. The third-order valence-electron chi connectivity index (χ3n) is 0.0430. The molecule has 0 saturated heterocycles. The minimum absolute atomic E-state index is 0. The Balaban J connectivity index is 0. The van der Waals surface area contributed by atoms with Gasteiger partial charge in [-0.05, 0) is 0 Å². The van der Waals surface area contributed by atoms with Crippen LogP contribution in [0.15, 0.2) is 0 Å². The van der Waals surface area contributed by atoms with Gasteiger partial charge in [-0.1, -0.05) is 0 Å². The second-order valence-corrected chi connectivity index (χ2v) is 0.202. The second-order valence-electron chi connectivity index (χ2n) is 0.202. The molecule has 0 atom stereocenters. The Kier molecular flexibility index (Phi) is 16.0. The van der Waals surface area contributed by atoms with E-state index >= 15 is 0 Å². The molecular formula is CH2CrO3+3. The smallest absolute Gasteiger partial charge is 0.304 e. The summed E-state index contributed by atoms with van der Waals surface area (Å²) in [4.78, 5) is 11.6. The zero-order valence-corrected chi connectivity index (χ0v) is 3.52. The van der Waals surface area contributed by atoms with Crippen molar-refractivity contribution in [3.8, 4) is 0 Å². The Morgan fingerprint density at radius 3 is 2.00 bits per heavy atom. The summed E-state index contributed by atoms with van der Waals surface area (Å²) >= 11 is 0. The Labute approximate surface area is 39.6 Å². The SMILES string of the molecule is O=COO.[Cr+3]. The molecule has 5 heavy (non-hydrogen) atoms. The Hall–Kier alpha value is -0.0375. The normalized spacial score (nSPS) is 4.20. The molecule has 0 unspecified atom stereocenters. The fourth-order valence-corrected chi connectivity index (χ4v) is 0. The van der Waals surface area contributed by atoms with Crippen molar-refractivity contribution in [3.05, 3.63) is 0 Å². The van der Waals surface area contributed by atoms with Gasteiger partial charge in [-0.25, -0.2) is 5.26 Å². The number of carbonyl (C=O) groups excluding carboxylic acids is 1. The molecule has 0 aliphatic heterocycles. The van der Waals surface area contributed by atoms with E-state index in [0.717, 1.165) is 0 Å². The van der Waals surface area contributed by atoms with Crippen molar-refractivity contribution in [2.75, 3.05) is 0 Å². The maximum absolute atomic E-state index is 8.70. The molecule has 0 aliphatic rings. The molecule has 0 aromatic heterocycles. The molecular weight excluding hydrogens is 112 g/mol. The molecule has 0 amide bonds. The van der Waals surface area contributed by atoms with Crippen LogP contribution in [0.1, 0.15) is 0 Å². The van der Waals surface area contributed by atoms with Crippen LogP contribution in [0.4, 0.5) is 0 Å². The Morgan fingerprint density at radius 2 is 2.00 bits per heavy atom. The monoisotopic (exact) mass is 114 g/mol. The van der Waals surface area contributed by atoms with E-state index in [1.807, 2.05) is 0 Å². The minimum atomic E-state index is -0.0694. The molecule has 0 aliphatic carbocycles. The Bertz CT molecular complexity index is 20.9. The van der Waals surface area contributed by atoms with E-state index in [1.165, 1.54) is 0 Å². The first-order valence-electron chi connectivity index (χ1n) is 0.654. The van der Waals surface area contributed by atoms with E-state index in [-0.39, 0.29) is 23.8 Å². The van der Waals surface area contributed by atoms with Crippen molar-refractivity contribution in [1.82, 2.24) is 0 Å². The summed E-state index contributed by atoms with van der Waals surface area (Å²) in [6.45, 7) is -0.0694. The van der Waals surface area contributed by atoms with E-state index in [0.29, 0.717) is 0 Å². The molecule has 0 spiro atoms.